The minimum atomic E-state index is -2.86. The van der Waals surface area contributed by atoms with E-state index >= 15 is 0 Å². The standard InChI is InChI=1S/C6H6.C3H5.Na.H2O3S/c1-2-4-6-5-3-1;1-3-2;;1-4(2)3/h1-6H;3H,1-2H2;;(H2,1,2,3)/q;-1;+1;/p-1. The van der Waals surface area contributed by atoms with E-state index in [-0.39, 0.29) is 29.6 Å². The van der Waals surface area contributed by atoms with Gasteiger partial charge in [-0.3, -0.25) is 0 Å². The summed E-state index contributed by atoms with van der Waals surface area (Å²) in [6.07, 6.45) is 1.50. The fraction of sp³-hybridized carbons (Fsp3) is 0. The Morgan fingerprint density at radius 3 is 1.36 bits per heavy atom. The van der Waals surface area contributed by atoms with E-state index in [4.69, 9.17) is 13.3 Å². The molecule has 1 aromatic carbocycles. The third kappa shape index (κ3) is 40.6. The quantitative estimate of drug-likeness (QED) is 0.350. The Bertz CT molecular complexity index is 186. The summed E-state index contributed by atoms with van der Waals surface area (Å²) >= 11 is -2.86. The van der Waals surface area contributed by atoms with Crippen molar-refractivity contribution in [1.82, 2.24) is 0 Å². The van der Waals surface area contributed by atoms with Gasteiger partial charge < -0.3 is 9.11 Å². The van der Waals surface area contributed by atoms with Gasteiger partial charge in [0.05, 0.1) is 11.4 Å². The molecule has 0 bridgehead atoms. The van der Waals surface area contributed by atoms with Gasteiger partial charge >= 0.3 is 29.6 Å². The molecule has 3 nitrogen and oxygen atoms in total. The molecule has 1 atom stereocenters. The van der Waals surface area contributed by atoms with Crippen LogP contribution in [0.2, 0.25) is 0 Å². The van der Waals surface area contributed by atoms with Crippen LogP contribution in [0.25, 0.3) is 0 Å². The van der Waals surface area contributed by atoms with Crippen LogP contribution in [-0.2, 0) is 11.4 Å². The smallest absolute Gasteiger partial charge is 0.750 e. The summed E-state index contributed by atoms with van der Waals surface area (Å²) in [5.74, 6) is 0. The molecular weight excluding hydrogens is 211 g/mol. The van der Waals surface area contributed by atoms with Gasteiger partial charge in [-0.15, -0.1) is 0 Å². The van der Waals surface area contributed by atoms with Gasteiger partial charge in [-0.2, -0.15) is 0 Å². The molecule has 0 aromatic heterocycles. The van der Waals surface area contributed by atoms with Crippen molar-refractivity contribution >= 4 is 11.4 Å². The van der Waals surface area contributed by atoms with Crippen LogP contribution in [0, 0.1) is 6.92 Å². The second-order valence-electron chi connectivity index (χ2n) is 1.66. The molecule has 0 aliphatic rings. The second-order valence-corrected chi connectivity index (χ2v) is 2.09. The normalized spacial score (nSPS) is 8.71. The zero-order valence-electron chi connectivity index (χ0n) is 8.13. The summed E-state index contributed by atoms with van der Waals surface area (Å²) in [6, 6.07) is 12.0. The van der Waals surface area contributed by atoms with E-state index in [0.717, 1.165) is 0 Å². The second kappa shape index (κ2) is 18.6. The van der Waals surface area contributed by atoms with Gasteiger partial charge in [-0.05, 0) is 0 Å². The van der Waals surface area contributed by atoms with E-state index in [0.29, 0.717) is 0 Å². The first-order valence-electron chi connectivity index (χ1n) is 3.33. The summed E-state index contributed by atoms with van der Waals surface area (Å²) in [7, 11) is 0. The molecule has 0 amide bonds. The van der Waals surface area contributed by atoms with Crippen molar-refractivity contribution in [2.75, 3.05) is 0 Å². The topological polar surface area (TPSA) is 60.4 Å². The van der Waals surface area contributed by atoms with Crippen LogP contribution >= 0.6 is 0 Å². The monoisotopic (exact) mass is 223 g/mol. The summed E-state index contributed by atoms with van der Waals surface area (Å²) in [4.78, 5) is 0. The molecule has 0 fully saturated rings. The molecule has 74 valence electrons. The van der Waals surface area contributed by atoms with Gasteiger partial charge in [0.1, 0.15) is 0 Å². The number of hydrogen-bond acceptors (Lipinski definition) is 2. The zero-order valence-corrected chi connectivity index (χ0v) is 10.9. The summed E-state index contributed by atoms with van der Waals surface area (Å²) in [5, 5.41) is 0. The van der Waals surface area contributed by atoms with Crippen LogP contribution in [0.4, 0.5) is 0 Å². The summed E-state index contributed by atoms with van der Waals surface area (Å²) in [5.41, 5.74) is 0. The molecule has 0 saturated heterocycles. The minimum Gasteiger partial charge on any atom is -0.750 e. The largest absolute Gasteiger partial charge is 1.00 e. The summed E-state index contributed by atoms with van der Waals surface area (Å²) < 4.78 is 24.1. The van der Waals surface area contributed by atoms with E-state index in [1.165, 1.54) is 6.08 Å². The van der Waals surface area contributed by atoms with Gasteiger partial charge in [0.15, 0.2) is 0 Å². The van der Waals surface area contributed by atoms with Gasteiger partial charge in [-0.25, -0.2) is 23.8 Å². The number of benzene rings is 1. The zero-order chi connectivity index (χ0) is 10.5. The molecular formula is C9H12NaO3S-. The molecule has 0 aliphatic carbocycles. The first kappa shape index (κ1) is 19.5. The average molecular weight is 223 g/mol. The Morgan fingerprint density at radius 2 is 1.29 bits per heavy atom. The van der Waals surface area contributed by atoms with Crippen molar-refractivity contribution in [1.29, 1.82) is 0 Å². The maximum Gasteiger partial charge on any atom is 1.00 e. The van der Waals surface area contributed by atoms with Crippen molar-refractivity contribution in [3.05, 3.63) is 56.0 Å². The predicted octanol–water partition coefficient (Wildman–Crippen LogP) is -0.964. The van der Waals surface area contributed by atoms with E-state index < -0.39 is 11.4 Å². The predicted molar refractivity (Wildman–Crippen MR) is 53.5 cm³/mol. The van der Waals surface area contributed by atoms with E-state index in [9.17, 15) is 0 Å². The van der Waals surface area contributed by atoms with Gasteiger partial charge in [0.25, 0.3) is 0 Å². The first-order chi connectivity index (χ1) is 6.15. The third-order valence-corrected chi connectivity index (χ3v) is 0.667. The van der Waals surface area contributed by atoms with Crippen molar-refractivity contribution < 1.29 is 42.9 Å². The molecule has 1 unspecified atom stereocenters. The van der Waals surface area contributed by atoms with Crippen LogP contribution in [0.3, 0.4) is 0 Å². The molecule has 0 heterocycles. The molecule has 1 aromatic rings. The van der Waals surface area contributed by atoms with Crippen LogP contribution in [0.5, 0.6) is 0 Å². The van der Waals surface area contributed by atoms with Crippen molar-refractivity contribution in [2.24, 2.45) is 0 Å². The molecule has 5 heteroatoms. The van der Waals surface area contributed by atoms with Crippen LogP contribution in [-0.4, -0.2) is 13.3 Å². The van der Waals surface area contributed by atoms with Crippen molar-refractivity contribution in [3.63, 3.8) is 0 Å². The van der Waals surface area contributed by atoms with Crippen LogP contribution in [0.15, 0.2) is 49.1 Å². The Labute approximate surface area is 110 Å². The number of rotatable bonds is 0. The maximum atomic E-state index is 8.56. The Kier molecular flexibility index (Phi) is 25.9. The Morgan fingerprint density at radius 1 is 1.21 bits per heavy atom. The fourth-order valence-electron chi connectivity index (χ4n) is 0.385. The van der Waals surface area contributed by atoms with Gasteiger partial charge in [0, 0.05) is 0 Å². The summed E-state index contributed by atoms with van der Waals surface area (Å²) in [6.45, 7) is 6.50. The minimum absolute atomic E-state index is 0. The molecule has 0 spiro atoms. The molecule has 1 rings (SSSR count). The van der Waals surface area contributed by atoms with Crippen LogP contribution in [0.1, 0.15) is 0 Å². The Hall–Kier alpha value is -0.100. The number of hydrogen-bond donors (Lipinski definition) is 1. The molecule has 0 saturated carbocycles. The van der Waals surface area contributed by atoms with E-state index in [2.05, 4.69) is 13.5 Å². The molecule has 0 radical (unpaired) electrons. The fourth-order valence-corrected chi connectivity index (χ4v) is 0.385. The van der Waals surface area contributed by atoms with E-state index in [1.54, 1.807) is 0 Å². The molecule has 0 aliphatic heterocycles. The average Bonchev–Trinajstić information content (AvgIpc) is 2.08. The van der Waals surface area contributed by atoms with Crippen molar-refractivity contribution in [2.45, 2.75) is 0 Å². The van der Waals surface area contributed by atoms with Crippen molar-refractivity contribution in [3.8, 4) is 0 Å². The molecule has 14 heavy (non-hydrogen) atoms. The van der Waals surface area contributed by atoms with Gasteiger partial charge in [0.2, 0.25) is 0 Å². The van der Waals surface area contributed by atoms with E-state index in [1.807, 2.05) is 36.4 Å². The molecule has 1 N–H and O–H groups in total. The third-order valence-electron chi connectivity index (χ3n) is 0.667. The first-order valence-corrected chi connectivity index (χ1v) is 4.36. The Balaban J connectivity index is -0.000000135. The SMILES string of the molecule is C=C[CH2-].O=S([O-])O.[Na+].c1ccccc1. The van der Waals surface area contributed by atoms with Gasteiger partial charge in [-0.1, -0.05) is 36.4 Å². The maximum absolute atomic E-state index is 8.56. The number of allylic oxidation sites excluding steroid dienone is 1. The van der Waals surface area contributed by atoms with Crippen LogP contribution < -0.4 is 29.6 Å².